The highest BCUT2D eigenvalue weighted by molar-refractivity contribution is 5.84. The average molecular weight is 246 g/mol. The fourth-order valence-electron chi connectivity index (χ4n) is 2.21. The van der Waals surface area contributed by atoms with E-state index in [0.717, 1.165) is 18.5 Å². The number of fused-ring (bicyclic) bond motifs is 1. The minimum atomic E-state index is -0.198. The summed E-state index contributed by atoms with van der Waals surface area (Å²) in [4.78, 5) is 12.3. The Kier molecular flexibility index (Phi) is 4.02. The first kappa shape index (κ1) is 13.1. The lowest BCUT2D eigenvalue weighted by Gasteiger charge is -2.28. The Bertz CT molecular complexity index is 428. The van der Waals surface area contributed by atoms with Gasteiger partial charge in [0.15, 0.2) is 0 Å². The van der Waals surface area contributed by atoms with Crippen molar-refractivity contribution >= 4 is 5.91 Å². The summed E-state index contributed by atoms with van der Waals surface area (Å²) in [5.41, 5.74) is 2.41. The van der Waals surface area contributed by atoms with E-state index < -0.39 is 0 Å². The molecule has 1 heterocycles. The molecule has 1 aliphatic heterocycles. The maximum absolute atomic E-state index is 12.3. The molecule has 1 aromatic rings. The van der Waals surface area contributed by atoms with Crippen LogP contribution in [0.3, 0.4) is 0 Å². The summed E-state index contributed by atoms with van der Waals surface area (Å²) in [6.45, 7) is 7.16. The van der Waals surface area contributed by atoms with Crippen molar-refractivity contribution in [1.82, 2.24) is 10.6 Å². The molecular formula is C15H22N2O. The van der Waals surface area contributed by atoms with Gasteiger partial charge in [-0.05, 0) is 30.4 Å². The molecular weight excluding hydrogens is 224 g/mol. The molecule has 0 aromatic heterocycles. The molecule has 0 aliphatic carbocycles. The summed E-state index contributed by atoms with van der Waals surface area (Å²) in [6.07, 6.45) is 1.000. The third-order valence-electron chi connectivity index (χ3n) is 3.74. The van der Waals surface area contributed by atoms with Gasteiger partial charge in [-0.3, -0.25) is 4.79 Å². The molecule has 3 nitrogen and oxygen atoms in total. The van der Waals surface area contributed by atoms with E-state index in [1.807, 2.05) is 18.2 Å². The first-order valence-corrected chi connectivity index (χ1v) is 6.71. The van der Waals surface area contributed by atoms with Crippen LogP contribution in [0.2, 0.25) is 0 Å². The van der Waals surface area contributed by atoms with Gasteiger partial charge in [0.2, 0.25) is 5.91 Å². The van der Waals surface area contributed by atoms with Gasteiger partial charge in [-0.25, -0.2) is 0 Å². The molecule has 2 atom stereocenters. The van der Waals surface area contributed by atoms with Crippen molar-refractivity contribution in [1.29, 1.82) is 0 Å². The maximum atomic E-state index is 12.3. The van der Waals surface area contributed by atoms with Crippen molar-refractivity contribution in [3.05, 3.63) is 35.4 Å². The summed E-state index contributed by atoms with van der Waals surface area (Å²) in [5.74, 6) is 0.538. The lowest BCUT2D eigenvalue weighted by Crippen LogP contribution is -2.45. The van der Waals surface area contributed by atoms with Gasteiger partial charge < -0.3 is 10.6 Å². The van der Waals surface area contributed by atoms with E-state index in [9.17, 15) is 4.79 Å². The van der Waals surface area contributed by atoms with E-state index in [2.05, 4.69) is 37.5 Å². The Hall–Kier alpha value is -1.35. The molecule has 2 unspecified atom stereocenters. The van der Waals surface area contributed by atoms with E-state index in [4.69, 9.17) is 0 Å². The van der Waals surface area contributed by atoms with Crippen molar-refractivity contribution < 1.29 is 4.79 Å². The molecule has 1 aromatic carbocycles. The van der Waals surface area contributed by atoms with Crippen LogP contribution in [0, 0.1) is 5.92 Å². The minimum Gasteiger partial charge on any atom is -0.352 e. The zero-order valence-corrected chi connectivity index (χ0v) is 11.4. The van der Waals surface area contributed by atoms with E-state index >= 15 is 0 Å². The Balaban J connectivity index is 2.13. The first-order valence-electron chi connectivity index (χ1n) is 6.71. The van der Waals surface area contributed by atoms with Crippen molar-refractivity contribution in [3.8, 4) is 0 Å². The largest absolute Gasteiger partial charge is 0.352 e. The number of hydrogen-bond donors (Lipinski definition) is 2. The molecule has 3 heteroatoms. The number of nitrogens with one attached hydrogen (secondary N) is 2. The molecule has 2 N–H and O–H groups in total. The Morgan fingerprint density at radius 1 is 1.33 bits per heavy atom. The summed E-state index contributed by atoms with van der Waals surface area (Å²) >= 11 is 0. The summed E-state index contributed by atoms with van der Waals surface area (Å²) < 4.78 is 0. The highest BCUT2D eigenvalue weighted by Gasteiger charge is 2.26. The van der Waals surface area contributed by atoms with Gasteiger partial charge in [-0.2, -0.15) is 0 Å². The molecule has 0 spiro atoms. The average Bonchev–Trinajstić information content (AvgIpc) is 2.37. The zero-order valence-electron chi connectivity index (χ0n) is 11.4. The molecule has 1 aliphatic rings. The van der Waals surface area contributed by atoms with Crippen LogP contribution in [0.1, 0.15) is 37.9 Å². The van der Waals surface area contributed by atoms with Crippen molar-refractivity contribution in [2.24, 2.45) is 5.92 Å². The smallest absolute Gasteiger partial charge is 0.241 e. The van der Waals surface area contributed by atoms with Crippen molar-refractivity contribution in [2.45, 2.75) is 39.3 Å². The zero-order chi connectivity index (χ0) is 13.1. The van der Waals surface area contributed by atoms with Gasteiger partial charge in [-0.15, -0.1) is 0 Å². The second-order valence-electron chi connectivity index (χ2n) is 5.38. The standard InChI is InChI=1S/C15H22N2O/c1-10(2)11(3)17-15(18)14-13-7-5-4-6-12(13)8-9-16-14/h4-7,10-11,14,16H,8-9H2,1-3H3,(H,17,18). The predicted molar refractivity (Wildman–Crippen MR) is 73.3 cm³/mol. The van der Waals surface area contributed by atoms with Crippen LogP contribution in [-0.4, -0.2) is 18.5 Å². The predicted octanol–water partition coefficient (Wildman–Crippen LogP) is 2.03. The Labute approximate surface area is 109 Å². The molecule has 0 fully saturated rings. The molecule has 18 heavy (non-hydrogen) atoms. The van der Waals surface area contributed by atoms with Gasteiger partial charge in [0, 0.05) is 12.6 Å². The highest BCUT2D eigenvalue weighted by Crippen LogP contribution is 2.22. The lowest BCUT2D eigenvalue weighted by molar-refractivity contribution is -0.124. The number of rotatable bonds is 3. The van der Waals surface area contributed by atoms with Crippen LogP contribution in [0.15, 0.2) is 24.3 Å². The first-order chi connectivity index (χ1) is 8.59. The van der Waals surface area contributed by atoms with E-state index in [-0.39, 0.29) is 18.0 Å². The Morgan fingerprint density at radius 2 is 2.06 bits per heavy atom. The SMILES string of the molecule is CC(C)C(C)NC(=O)C1NCCc2ccccc21. The van der Waals surface area contributed by atoms with Gasteiger partial charge in [0.05, 0.1) is 0 Å². The maximum Gasteiger partial charge on any atom is 0.241 e. The van der Waals surface area contributed by atoms with Crippen LogP contribution in [0.4, 0.5) is 0 Å². The van der Waals surface area contributed by atoms with E-state index in [1.54, 1.807) is 0 Å². The summed E-state index contributed by atoms with van der Waals surface area (Å²) in [5, 5.41) is 6.40. The Morgan fingerprint density at radius 3 is 2.78 bits per heavy atom. The number of amides is 1. The second-order valence-corrected chi connectivity index (χ2v) is 5.38. The molecule has 98 valence electrons. The second kappa shape index (κ2) is 5.53. The highest BCUT2D eigenvalue weighted by atomic mass is 16.2. The van der Waals surface area contributed by atoms with Gasteiger partial charge in [0.1, 0.15) is 6.04 Å². The third kappa shape index (κ3) is 2.72. The molecule has 0 radical (unpaired) electrons. The van der Waals surface area contributed by atoms with E-state index in [0.29, 0.717) is 5.92 Å². The molecule has 0 saturated heterocycles. The van der Waals surface area contributed by atoms with Gasteiger partial charge in [0.25, 0.3) is 0 Å². The number of carbonyl (C=O) groups excluding carboxylic acids is 1. The van der Waals surface area contributed by atoms with E-state index in [1.165, 1.54) is 5.56 Å². The summed E-state index contributed by atoms with van der Waals surface area (Å²) in [7, 11) is 0. The number of benzene rings is 1. The minimum absolute atomic E-state index is 0.0864. The fourth-order valence-corrected chi connectivity index (χ4v) is 2.21. The topological polar surface area (TPSA) is 41.1 Å². The third-order valence-corrected chi connectivity index (χ3v) is 3.74. The van der Waals surface area contributed by atoms with Crippen LogP contribution in [-0.2, 0) is 11.2 Å². The number of carbonyl (C=O) groups is 1. The summed E-state index contributed by atoms with van der Waals surface area (Å²) in [6, 6.07) is 8.20. The molecule has 1 amide bonds. The lowest BCUT2D eigenvalue weighted by atomic mass is 9.93. The molecule has 0 bridgehead atoms. The monoisotopic (exact) mass is 246 g/mol. The van der Waals surface area contributed by atoms with Crippen molar-refractivity contribution in [3.63, 3.8) is 0 Å². The quantitative estimate of drug-likeness (QED) is 0.857. The van der Waals surface area contributed by atoms with Crippen LogP contribution < -0.4 is 10.6 Å². The van der Waals surface area contributed by atoms with Crippen molar-refractivity contribution in [2.75, 3.05) is 6.54 Å². The van der Waals surface area contributed by atoms with Crippen LogP contribution in [0.5, 0.6) is 0 Å². The normalized spacial score (nSPS) is 20.3. The fraction of sp³-hybridized carbons (Fsp3) is 0.533. The van der Waals surface area contributed by atoms with Crippen LogP contribution in [0.25, 0.3) is 0 Å². The molecule has 2 rings (SSSR count). The number of hydrogen-bond acceptors (Lipinski definition) is 2. The van der Waals surface area contributed by atoms with Gasteiger partial charge in [-0.1, -0.05) is 38.1 Å². The van der Waals surface area contributed by atoms with Crippen LogP contribution >= 0.6 is 0 Å². The van der Waals surface area contributed by atoms with Gasteiger partial charge >= 0.3 is 0 Å². The molecule has 0 saturated carbocycles.